The van der Waals surface area contributed by atoms with E-state index in [0.29, 0.717) is 6.61 Å². The lowest BCUT2D eigenvalue weighted by atomic mass is 10.2. The summed E-state index contributed by atoms with van der Waals surface area (Å²) in [5.41, 5.74) is 2.08. The van der Waals surface area contributed by atoms with Crippen molar-refractivity contribution in [2.75, 3.05) is 25.6 Å². The fourth-order valence-corrected chi connectivity index (χ4v) is 2.19. The maximum atomic E-state index is 11.6. The number of rotatable bonds is 6. The summed E-state index contributed by atoms with van der Waals surface area (Å²) in [7, 11) is 1.62. The molecule has 1 unspecified atom stereocenters. The fourth-order valence-electron chi connectivity index (χ4n) is 1.56. The Morgan fingerprint density at radius 2 is 2.22 bits per heavy atom. The van der Waals surface area contributed by atoms with E-state index in [2.05, 4.69) is 26.6 Å². The van der Waals surface area contributed by atoms with Gasteiger partial charge >= 0.3 is 0 Å². The van der Waals surface area contributed by atoms with E-state index in [1.807, 2.05) is 32.0 Å². The lowest BCUT2D eigenvalue weighted by molar-refractivity contribution is -0.120. The second-order valence-electron chi connectivity index (χ2n) is 4.26. The van der Waals surface area contributed by atoms with Crippen LogP contribution in [-0.4, -0.2) is 32.2 Å². The van der Waals surface area contributed by atoms with E-state index in [-0.39, 0.29) is 18.5 Å². The second-order valence-corrected chi connectivity index (χ2v) is 5.12. The number of carbonyl (C=O) groups excluding carboxylic acids is 1. The molecule has 0 radical (unpaired) electrons. The molecular formula is C13H19BrN2O2. The van der Waals surface area contributed by atoms with Gasteiger partial charge in [0.2, 0.25) is 5.91 Å². The third kappa shape index (κ3) is 5.06. The summed E-state index contributed by atoms with van der Waals surface area (Å²) in [6.07, 6.45) is 0. The molecule has 1 rings (SSSR count). The van der Waals surface area contributed by atoms with Crippen molar-refractivity contribution in [3.8, 4) is 0 Å². The predicted octanol–water partition coefficient (Wildman–Crippen LogP) is 2.32. The van der Waals surface area contributed by atoms with Crippen molar-refractivity contribution in [3.05, 3.63) is 28.2 Å². The molecule has 0 saturated heterocycles. The van der Waals surface area contributed by atoms with Gasteiger partial charge in [0.15, 0.2) is 0 Å². The normalized spacial score (nSPS) is 12.0. The van der Waals surface area contributed by atoms with Gasteiger partial charge in [-0.1, -0.05) is 6.07 Å². The minimum Gasteiger partial charge on any atom is -0.383 e. The third-order valence-corrected chi connectivity index (χ3v) is 3.04. The number of carbonyl (C=O) groups is 1. The van der Waals surface area contributed by atoms with Gasteiger partial charge in [-0.05, 0) is 47.5 Å². The Kier molecular flexibility index (Phi) is 6.15. The SMILES string of the molecule is COCC(C)NC(=O)CNc1ccc(C)cc1Br. The lowest BCUT2D eigenvalue weighted by Crippen LogP contribution is -2.39. The zero-order valence-corrected chi connectivity index (χ0v) is 12.5. The van der Waals surface area contributed by atoms with Crippen LogP contribution in [0.3, 0.4) is 0 Å². The molecule has 0 aliphatic carbocycles. The van der Waals surface area contributed by atoms with Gasteiger partial charge in [-0.25, -0.2) is 0 Å². The molecule has 4 nitrogen and oxygen atoms in total. The van der Waals surface area contributed by atoms with Crippen LogP contribution in [0.25, 0.3) is 0 Å². The molecule has 1 aromatic carbocycles. The van der Waals surface area contributed by atoms with Gasteiger partial charge in [0.25, 0.3) is 0 Å². The molecule has 1 amide bonds. The van der Waals surface area contributed by atoms with Crippen LogP contribution in [-0.2, 0) is 9.53 Å². The second kappa shape index (κ2) is 7.38. The number of ether oxygens (including phenoxy) is 1. The Balaban J connectivity index is 2.42. The molecule has 0 saturated carbocycles. The molecule has 1 atom stereocenters. The molecule has 2 N–H and O–H groups in total. The van der Waals surface area contributed by atoms with E-state index in [9.17, 15) is 4.79 Å². The number of hydrogen-bond donors (Lipinski definition) is 2. The van der Waals surface area contributed by atoms with Crippen LogP contribution < -0.4 is 10.6 Å². The lowest BCUT2D eigenvalue weighted by Gasteiger charge is -2.14. The summed E-state index contributed by atoms with van der Waals surface area (Å²) in [4.78, 5) is 11.6. The first kappa shape index (κ1) is 15.0. The average molecular weight is 315 g/mol. The van der Waals surface area contributed by atoms with E-state index in [4.69, 9.17) is 4.74 Å². The standard InChI is InChI=1S/C13H19BrN2O2/c1-9-4-5-12(11(14)6-9)15-7-13(17)16-10(2)8-18-3/h4-6,10,15H,7-8H2,1-3H3,(H,16,17). The van der Waals surface area contributed by atoms with Gasteiger partial charge in [-0.2, -0.15) is 0 Å². The number of nitrogens with one attached hydrogen (secondary N) is 2. The molecule has 0 heterocycles. The van der Waals surface area contributed by atoms with Crippen LogP contribution in [0.5, 0.6) is 0 Å². The maximum absolute atomic E-state index is 11.6. The van der Waals surface area contributed by atoms with Crippen molar-refractivity contribution in [2.24, 2.45) is 0 Å². The molecule has 18 heavy (non-hydrogen) atoms. The monoisotopic (exact) mass is 314 g/mol. The van der Waals surface area contributed by atoms with Crippen molar-refractivity contribution in [1.82, 2.24) is 5.32 Å². The fraction of sp³-hybridized carbons (Fsp3) is 0.462. The van der Waals surface area contributed by atoms with Crippen LogP contribution in [0.15, 0.2) is 22.7 Å². The predicted molar refractivity (Wildman–Crippen MR) is 76.8 cm³/mol. The number of anilines is 1. The highest BCUT2D eigenvalue weighted by molar-refractivity contribution is 9.10. The largest absolute Gasteiger partial charge is 0.383 e. The van der Waals surface area contributed by atoms with E-state index >= 15 is 0 Å². The number of aryl methyl sites for hydroxylation is 1. The Bertz CT molecular complexity index is 410. The van der Waals surface area contributed by atoms with E-state index in [1.54, 1.807) is 7.11 Å². The summed E-state index contributed by atoms with van der Waals surface area (Å²) in [6, 6.07) is 5.98. The van der Waals surface area contributed by atoms with Crippen molar-refractivity contribution in [3.63, 3.8) is 0 Å². The maximum Gasteiger partial charge on any atom is 0.239 e. The molecular weight excluding hydrogens is 296 g/mol. The molecule has 0 aliphatic rings. The highest BCUT2D eigenvalue weighted by Crippen LogP contribution is 2.22. The van der Waals surface area contributed by atoms with E-state index in [1.165, 1.54) is 5.56 Å². The summed E-state index contributed by atoms with van der Waals surface area (Å²) in [6.45, 7) is 4.69. The Hall–Kier alpha value is -1.07. The van der Waals surface area contributed by atoms with Gasteiger partial charge in [0.1, 0.15) is 0 Å². The minimum absolute atomic E-state index is 0.0192. The first-order valence-electron chi connectivity index (χ1n) is 5.81. The Morgan fingerprint density at radius 3 is 2.83 bits per heavy atom. The number of benzene rings is 1. The minimum atomic E-state index is -0.0491. The molecule has 0 fully saturated rings. The third-order valence-electron chi connectivity index (χ3n) is 2.39. The molecule has 100 valence electrons. The molecule has 1 aromatic rings. The zero-order valence-electron chi connectivity index (χ0n) is 10.9. The van der Waals surface area contributed by atoms with Gasteiger partial charge in [0, 0.05) is 23.3 Å². The smallest absolute Gasteiger partial charge is 0.239 e. The van der Waals surface area contributed by atoms with Crippen LogP contribution in [0.2, 0.25) is 0 Å². The van der Waals surface area contributed by atoms with Gasteiger partial charge in [-0.15, -0.1) is 0 Å². The van der Waals surface area contributed by atoms with Crippen molar-refractivity contribution < 1.29 is 9.53 Å². The van der Waals surface area contributed by atoms with E-state index in [0.717, 1.165) is 10.2 Å². The number of methoxy groups -OCH3 is 1. The molecule has 0 bridgehead atoms. The summed E-state index contributed by atoms with van der Waals surface area (Å²) < 4.78 is 5.92. The highest BCUT2D eigenvalue weighted by atomic mass is 79.9. The zero-order chi connectivity index (χ0) is 13.5. The first-order valence-corrected chi connectivity index (χ1v) is 6.60. The van der Waals surface area contributed by atoms with Crippen LogP contribution in [0.4, 0.5) is 5.69 Å². The molecule has 5 heteroatoms. The average Bonchev–Trinajstić information content (AvgIpc) is 2.28. The van der Waals surface area contributed by atoms with Crippen molar-refractivity contribution in [1.29, 1.82) is 0 Å². The molecule has 0 spiro atoms. The Labute approximate surface area is 116 Å². The molecule has 0 aromatic heterocycles. The summed E-state index contributed by atoms with van der Waals surface area (Å²) >= 11 is 3.46. The van der Waals surface area contributed by atoms with Crippen molar-refractivity contribution in [2.45, 2.75) is 19.9 Å². The first-order chi connectivity index (χ1) is 8.52. The van der Waals surface area contributed by atoms with Gasteiger partial charge in [-0.3, -0.25) is 4.79 Å². The van der Waals surface area contributed by atoms with Crippen LogP contribution in [0, 0.1) is 6.92 Å². The molecule has 0 aliphatic heterocycles. The van der Waals surface area contributed by atoms with Crippen LogP contribution >= 0.6 is 15.9 Å². The number of hydrogen-bond acceptors (Lipinski definition) is 3. The number of amides is 1. The highest BCUT2D eigenvalue weighted by Gasteiger charge is 2.07. The quantitative estimate of drug-likeness (QED) is 0.847. The van der Waals surface area contributed by atoms with E-state index < -0.39 is 0 Å². The van der Waals surface area contributed by atoms with Gasteiger partial charge < -0.3 is 15.4 Å². The Morgan fingerprint density at radius 1 is 1.50 bits per heavy atom. The summed E-state index contributed by atoms with van der Waals surface area (Å²) in [5.74, 6) is -0.0491. The van der Waals surface area contributed by atoms with Crippen LogP contribution in [0.1, 0.15) is 12.5 Å². The van der Waals surface area contributed by atoms with Gasteiger partial charge in [0.05, 0.1) is 13.2 Å². The summed E-state index contributed by atoms with van der Waals surface area (Å²) in [5, 5.41) is 5.93. The topological polar surface area (TPSA) is 50.4 Å². The number of halogens is 1. The van der Waals surface area contributed by atoms with Crippen molar-refractivity contribution >= 4 is 27.5 Å².